The summed E-state index contributed by atoms with van der Waals surface area (Å²) in [7, 11) is 4.79. The molecule has 1 aliphatic rings. The van der Waals surface area contributed by atoms with Gasteiger partial charge >= 0.3 is 0 Å². The van der Waals surface area contributed by atoms with Crippen molar-refractivity contribution in [2.75, 3.05) is 34.4 Å². The minimum Gasteiger partial charge on any atom is -0.481 e. The number of carbonyl (C=O) groups is 2. The van der Waals surface area contributed by atoms with Crippen LogP contribution in [0.2, 0.25) is 0 Å². The van der Waals surface area contributed by atoms with Crippen molar-refractivity contribution in [2.24, 2.45) is 0 Å². The molecule has 7 nitrogen and oxygen atoms in total. The maximum atomic E-state index is 12.8. The third-order valence-corrected chi connectivity index (χ3v) is 4.54. The number of hydrogen-bond acceptors (Lipinski definition) is 5. The predicted octanol–water partition coefficient (Wildman–Crippen LogP) is 1.24. The molecule has 0 spiro atoms. The zero-order chi connectivity index (χ0) is 17.6. The molecule has 1 aromatic heterocycles. The molecule has 1 atom stereocenters. The molecule has 0 aromatic carbocycles. The lowest BCUT2D eigenvalue weighted by molar-refractivity contribution is -0.123. The minimum absolute atomic E-state index is 0.0197. The summed E-state index contributed by atoms with van der Waals surface area (Å²) in [6.45, 7) is 1.15. The molecule has 132 valence electrons. The van der Waals surface area contributed by atoms with E-state index in [1.54, 1.807) is 37.4 Å². The van der Waals surface area contributed by atoms with Crippen molar-refractivity contribution in [1.29, 1.82) is 0 Å². The van der Waals surface area contributed by atoms with Crippen molar-refractivity contribution in [1.82, 2.24) is 15.2 Å². The lowest BCUT2D eigenvalue weighted by Gasteiger charge is -2.42. The van der Waals surface area contributed by atoms with Crippen LogP contribution in [0.15, 0.2) is 18.3 Å². The number of nitrogens with zero attached hydrogens (tertiary/aromatic N) is 2. The van der Waals surface area contributed by atoms with Crippen LogP contribution in [-0.2, 0) is 9.53 Å². The SMILES string of the molecule is CNC(=O)CC[C@]1(OC)CCCN(C(=O)c2ccnc(OC)c2)C1. The maximum absolute atomic E-state index is 12.8. The number of hydrogen-bond donors (Lipinski definition) is 1. The first kappa shape index (κ1) is 18.2. The molecule has 2 heterocycles. The van der Waals surface area contributed by atoms with Crippen LogP contribution < -0.4 is 10.1 Å². The molecular formula is C17H25N3O4. The van der Waals surface area contributed by atoms with E-state index in [0.29, 0.717) is 37.4 Å². The highest BCUT2D eigenvalue weighted by Gasteiger charge is 2.37. The summed E-state index contributed by atoms with van der Waals surface area (Å²) in [4.78, 5) is 30.1. The van der Waals surface area contributed by atoms with Gasteiger partial charge in [-0.2, -0.15) is 0 Å². The fraction of sp³-hybridized carbons (Fsp3) is 0.588. The van der Waals surface area contributed by atoms with Crippen LogP contribution in [0.25, 0.3) is 0 Å². The second-order valence-corrected chi connectivity index (χ2v) is 5.98. The van der Waals surface area contributed by atoms with E-state index in [4.69, 9.17) is 9.47 Å². The number of amides is 2. The van der Waals surface area contributed by atoms with Crippen molar-refractivity contribution >= 4 is 11.8 Å². The lowest BCUT2D eigenvalue weighted by atomic mass is 9.87. The van der Waals surface area contributed by atoms with E-state index in [1.807, 2.05) is 0 Å². The van der Waals surface area contributed by atoms with Gasteiger partial charge in [-0.1, -0.05) is 0 Å². The van der Waals surface area contributed by atoms with Crippen LogP contribution in [0.1, 0.15) is 36.0 Å². The Balaban J connectivity index is 2.10. The van der Waals surface area contributed by atoms with Crippen LogP contribution >= 0.6 is 0 Å². The van der Waals surface area contributed by atoms with Gasteiger partial charge in [-0.3, -0.25) is 9.59 Å². The number of ether oxygens (including phenoxy) is 2. The number of pyridine rings is 1. The molecule has 0 saturated carbocycles. The third kappa shape index (κ3) is 4.23. The summed E-state index contributed by atoms with van der Waals surface area (Å²) < 4.78 is 10.8. The number of piperidine rings is 1. The molecule has 0 bridgehead atoms. The van der Waals surface area contributed by atoms with Crippen molar-refractivity contribution in [3.63, 3.8) is 0 Å². The number of methoxy groups -OCH3 is 2. The molecule has 7 heteroatoms. The normalized spacial score (nSPS) is 20.5. The molecule has 0 aliphatic carbocycles. The molecule has 0 radical (unpaired) electrons. The molecular weight excluding hydrogens is 310 g/mol. The molecule has 24 heavy (non-hydrogen) atoms. The predicted molar refractivity (Wildman–Crippen MR) is 89.0 cm³/mol. The van der Waals surface area contributed by atoms with E-state index >= 15 is 0 Å². The Morgan fingerprint density at radius 3 is 2.88 bits per heavy atom. The molecule has 1 fully saturated rings. The Labute approximate surface area is 142 Å². The van der Waals surface area contributed by atoms with Gasteiger partial charge in [-0.15, -0.1) is 0 Å². The zero-order valence-electron chi connectivity index (χ0n) is 14.5. The van der Waals surface area contributed by atoms with E-state index in [1.165, 1.54) is 7.11 Å². The van der Waals surface area contributed by atoms with E-state index in [2.05, 4.69) is 10.3 Å². The van der Waals surface area contributed by atoms with Gasteiger partial charge in [-0.25, -0.2) is 4.98 Å². The average molecular weight is 335 g/mol. The first-order valence-electron chi connectivity index (χ1n) is 8.08. The van der Waals surface area contributed by atoms with Gasteiger partial charge in [-0.05, 0) is 25.3 Å². The van der Waals surface area contributed by atoms with Crippen LogP contribution in [0.5, 0.6) is 5.88 Å². The fourth-order valence-corrected chi connectivity index (χ4v) is 3.05. The van der Waals surface area contributed by atoms with Gasteiger partial charge in [0.25, 0.3) is 5.91 Å². The Hall–Kier alpha value is -2.15. The maximum Gasteiger partial charge on any atom is 0.254 e. The summed E-state index contributed by atoms with van der Waals surface area (Å²) in [5.74, 6) is 0.320. The largest absolute Gasteiger partial charge is 0.481 e. The zero-order valence-corrected chi connectivity index (χ0v) is 14.5. The highest BCUT2D eigenvalue weighted by atomic mass is 16.5. The molecule has 0 unspecified atom stereocenters. The quantitative estimate of drug-likeness (QED) is 0.846. The highest BCUT2D eigenvalue weighted by Crippen LogP contribution is 2.30. The van der Waals surface area contributed by atoms with Crippen LogP contribution in [0, 0.1) is 0 Å². The van der Waals surface area contributed by atoms with E-state index < -0.39 is 5.60 Å². The minimum atomic E-state index is -0.475. The number of carbonyl (C=O) groups excluding carboxylic acids is 2. The topological polar surface area (TPSA) is 80.8 Å². The second-order valence-electron chi connectivity index (χ2n) is 5.98. The van der Waals surface area contributed by atoms with Gasteiger partial charge in [0.2, 0.25) is 11.8 Å². The van der Waals surface area contributed by atoms with Gasteiger partial charge < -0.3 is 19.7 Å². The van der Waals surface area contributed by atoms with Gasteiger partial charge in [0, 0.05) is 51.5 Å². The van der Waals surface area contributed by atoms with E-state index in [0.717, 1.165) is 12.8 Å². The lowest BCUT2D eigenvalue weighted by Crippen LogP contribution is -2.51. The van der Waals surface area contributed by atoms with Crippen molar-refractivity contribution in [3.05, 3.63) is 23.9 Å². The Bertz CT molecular complexity index is 593. The van der Waals surface area contributed by atoms with Crippen molar-refractivity contribution in [3.8, 4) is 5.88 Å². The van der Waals surface area contributed by atoms with Gasteiger partial charge in [0.1, 0.15) is 0 Å². The highest BCUT2D eigenvalue weighted by molar-refractivity contribution is 5.94. The van der Waals surface area contributed by atoms with E-state index in [9.17, 15) is 9.59 Å². The smallest absolute Gasteiger partial charge is 0.254 e. The first-order chi connectivity index (χ1) is 11.5. The Kier molecular flexibility index (Phi) is 6.14. The van der Waals surface area contributed by atoms with E-state index in [-0.39, 0.29) is 11.8 Å². The number of likely N-dealkylation sites (tertiary alicyclic amines) is 1. The second kappa shape index (κ2) is 8.10. The summed E-state index contributed by atoms with van der Waals surface area (Å²) in [6.07, 6.45) is 4.22. The monoisotopic (exact) mass is 335 g/mol. The number of nitrogens with one attached hydrogen (secondary N) is 1. The van der Waals surface area contributed by atoms with Crippen molar-refractivity contribution < 1.29 is 19.1 Å². The average Bonchev–Trinajstić information content (AvgIpc) is 2.65. The molecule has 1 N–H and O–H groups in total. The standard InChI is InChI=1S/C17H25N3O4/c1-18-14(21)5-8-17(24-3)7-4-10-20(12-17)16(22)13-6-9-19-15(11-13)23-2/h6,9,11H,4-5,7-8,10,12H2,1-3H3,(H,18,21)/t17-/m1/s1. The van der Waals surface area contributed by atoms with Crippen LogP contribution in [0.3, 0.4) is 0 Å². The first-order valence-corrected chi connectivity index (χ1v) is 8.08. The number of rotatable bonds is 6. The molecule has 1 saturated heterocycles. The summed E-state index contributed by atoms with van der Waals surface area (Å²) in [5, 5.41) is 2.62. The summed E-state index contributed by atoms with van der Waals surface area (Å²) >= 11 is 0. The van der Waals surface area contributed by atoms with Gasteiger partial charge in [0.05, 0.1) is 12.7 Å². The Morgan fingerprint density at radius 1 is 1.42 bits per heavy atom. The van der Waals surface area contributed by atoms with Crippen LogP contribution in [0.4, 0.5) is 0 Å². The summed E-state index contributed by atoms with van der Waals surface area (Å²) in [5.41, 5.74) is 0.0671. The van der Waals surface area contributed by atoms with Crippen molar-refractivity contribution in [2.45, 2.75) is 31.3 Å². The Morgan fingerprint density at radius 2 is 2.21 bits per heavy atom. The molecule has 2 rings (SSSR count). The molecule has 1 aromatic rings. The van der Waals surface area contributed by atoms with Gasteiger partial charge in [0.15, 0.2) is 0 Å². The molecule has 2 amide bonds. The molecule has 1 aliphatic heterocycles. The fourth-order valence-electron chi connectivity index (χ4n) is 3.05. The van der Waals surface area contributed by atoms with Crippen LogP contribution in [-0.4, -0.2) is 61.7 Å². The third-order valence-electron chi connectivity index (χ3n) is 4.54. The number of aromatic nitrogens is 1. The summed E-state index contributed by atoms with van der Waals surface area (Å²) in [6, 6.07) is 3.31.